The molecular weight excluding hydrogens is 561 g/mol. The van der Waals surface area contributed by atoms with Gasteiger partial charge in [-0.05, 0) is 115 Å². The predicted octanol–water partition coefficient (Wildman–Crippen LogP) is 11.1. The van der Waals surface area contributed by atoms with Crippen molar-refractivity contribution >= 4 is 20.1 Å². The van der Waals surface area contributed by atoms with E-state index in [1.807, 2.05) is 0 Å². The zero-order valence-electron chi connectivity index (χ0n) is 30.0. The van der Waals surface area contributed by atoms with Gasteiger partial charge >= 0.3 is 5.97 Å². The van der Waals surface area contributed by atoms with E-state index < -0.39 is 14.3 Å². The summed E-state index contributed by atoms with van der Waals surface area (Å²) < 4.78 is 6.34. The number of aliphatic carboxylic acids is 1. The average molecular weight is 629 g/mol. The van der Waals surface area contributed by atoms with E-state index in [-0.39, 0.29) is 16.2 Å². The molecular formula is C39H68O4Si. The van der Waals surface area contributed by atoms with Crippen LogP contribution in [0.4, 0.5) is 0 Å². The minimum absolute atomic E-state index is 0.101. The highest BCUT2D eigenvalue weighted by Crippen LogP contribution is 2.71. The Morgan fingerprint density at radius 1 is 0.909 bits per heavy atom. The lowest BCUT2D eigenvalue weighted by Gasteiger charge is -2.62. The van der Waals surface area contributed by atoms with Gasteiger partial charge in [-0.1, -0.05) is 98.5 Å². The van der Waals surface area contributed by atoms with Gasteiger partial charge in [0.25, 0.3) is 0 Å². The topological polar surface area (TPSA) is 63.6 Å². The monoisotopic (exact) mass is 628 g/mol. The van der Waals surface area contributed by atoms with Gasteiger partial charge in [-0.15, -0.1) is 0 Å². The maximum atomic E-state index is 12.5. The van der Waals surface area contributed by atoms with Crippen LogP contribution in [-0.2, 0) is 14.0 Å². The number of fused-ring (bicyclic) bond motifs is 5. The lowest BCUT2D eigenvalue weighted by Crippen LogP contribution is -2.55. The number of hydrogen-bond acceptors (Lipinski definition) is 3. The number of allylic oxidation sites excluding steroid dienone is 1. The average Bonchev–Trinajstić information content (AvgIpc) is 3.18. The number of carboxylic acids is 1. The fraction of sp³-hybridized carbons (Fsp3) is 0.897. The van der Waals surface area contributed by atoms with Crippen molar-refractivity contribution in [1.82, 2.24) is 0 Å². The summed E-state index contributed by atoms with van der Waals surface area (Å²) in [5, 5.41) is 10.1. The Hall–Kier alpha value is -0.943. The smallest absolute Gasteiger partial charge is 0.303 e. The van der Waals surface area contributed by atoms with Crippen molar-refractivity contribution < 1.29 is 19.1 Å². The van der Waals surface area contributed by atoms with Gasteiger partial charge in [-0.2, -0.15) is 0 Å². The molecule has 4 rings (SSSR count). The molecule has 3 unspecified atom stereocenters. The van der Waals surface area contributed by atoms with E-state index in [0.29, 0.717) is 47.3 Å². The van der Waals surface area contributed by atoms with E-state index in [1.54, 1.807) is 0 Å². The van der Waals surface area contributed by atoms with Gasteiger partial charge < -0.3 is 9.53 Å². The molecule has 0 aromatic rings. The fourth-order valence-corrected chi connectivity index (χ4v) is 11.4. The molecule has 0 heterocycles. The van der Waals surface area contributed by atoms with Crippen molar-refractivity contribution in [2.45, 2.75) is 175 Å². The summed E-state index contributed by atoms with van der Waals surface area (Å²) in [7, 11) is -1.60. The van der Waals surface area contributed by atoms with Crippen LogP contribution in [0.2, 0.25) is 18.1 Å². The molecule has 0 aliphatic heterocycles. The van der Waals surface area contributed by atoms with Crippen LogP contribution in [0.25, 0.3) is 0 Å². The molecule has 0 amide bonds. The molecule has 0 radical (unpaired) electrons. The second kappa shape index (κ2) is 14.0. The molecule has 4 aliphatic carbocycles. The zero-order chi connectivity index (χ0) is 32.4. The summed E-state index contributed by atoms with van der Waals surface area (Å²) >= 11 is 0. The lowest BCUT2D eigenvalue weighted by molar-refractivity contribution is -0.145. The number of carbonyl (C=O) groups is 2. The highest BCUT2D eigenvalue weighted by molar-refractivity contribution is 6.74. The van der Waals surface area contributed by atoms with Crippen molar-refractivity contribution in [3.8, 4) is 0 Å². The highest BCUT2D eigenvalue weighted by atomic mass is 28.4. The molecule has 3 saturated carbocycles. The fourth-order valence-electron chi connectivity index (χ4n) is 10.3. The van der Waals surface area contributed by atoms with Gasteiger partial charge in [0, 0.05) is 13.0 Å². The first-order chi connectivity index (χ1) is 20.5. The number of rotatable bonds is 15. The Balaban J connectivity index is 1.25. The molecule has 0 bridgehead atoms. The maximum absolute atomic E-state index is 12.5. The van der Waals surface area contributed by atoms with Crippen molar-refractivity contribution in [3.63, 3.8) is 0 Å². The van der Waals surface area contributed by atoms with Crippen LogP contribution < -0.4 is 0 Å². The van der Waals surface area contributed by atoms with Crippen LogP contribution in [0.1, 0.15) is 157 Å². The summed E-state index contributed by atoms with van der Waals surface area (Å²) in [6.45, 7) is 19.8. The van der Waals surface area contributed by atoms with E-state index >= 15 is 0 Å². The predicted molar refractivity (Wildman–Crippen MR) is 185 cm³/mol. The molecule has 3 fully saturated rings. The first-order valence-corrected chi connectivity index (χ1v) is 21.5. The van der Waals surface area contributed by atoms with E-state index in [1.165, 1.54) is 82.6 Å². The summed E-state index contributed by atoms with van der Waals surface area (Å²) in [6.07, 6.45) is 22.9. The number of carbonyl (C=O) groups excluding carboxylic acids is 1. The van der Waals surface area contributed by atoms with E-state index in [9.17, 15) is 14.7 Å². The molecule has 252 valence electrons. The SMILES string of the molecule is CC(C)(C)[Si](C)(C)OCCCCCCCCCCC[C@@H]1CC2=CC(=O)CC[C@]2(C)C2CC[C@@]3(C)C(CC[C@]3(C)CC(=O)O)C21. The van der Waals surface area contributed by atoms with Crippen LogP contribution in [0.5, 0.6) is 0 Å². The van der Waals surface area contributed by atoms with Crippen molar-refractivity contribution in [3.05, 3.63) is 11.6 Å². The second-order valence-electron chi connectivity index (χ2n) is 18.0. The largest absolute Gasteiger partial charge is 0.481 e. The Bertz CT molecular complexity index is 1040. The minimum Gasteiger partial charge on any atom is -0.481 e. The van der Waals surface area contributed by atoms with Gasteiger partial charge in [0.2, 0.25) is 0 Å². The number of unbranched alkanes of at least 4 members (excludes halogenated alkanes) is 8. The molecule has 44 heavy (non-hydrogen) atoms. The van der Waals surface area contributed by atoms with Crippen LogP contribution in [0, 0.1) is 39.9 Å². The van der Waals surface area contributed by atoms with Gasteiger partial charge in [0.15, 0.2) is 14.1 Å². The summed E-state index contributed by atoms with van der Waals surface area (Å²) in [4.78, 5) is 24.5. The number of hydrogen-bond donors (Lipinski definition) is 1. The van der Waals surface area contributed by atoms with Gasteiger partial charge in [-0.25, -0.2) is 0 Å². The quantitative estimate of drug-likeness (QED) is 0.145. The Morgan fingerprint density at radius 2 is 1.50 bits per heavy atom. The van der Waals surface area contributed by atoms with Crippen molar-refractivity contribution in [2.24, 2.45) is 39.9 Å². The zero-order valence-corrected chi connectivity index (χ0v) is 31.0. The Morgan fingerprint density at radius 3 is 2.11 bits per heavy atom. The lowest BCUT2D eigenvalue weighted by atomic mass is 9.43. The summed E-state index contributed by atoms with van der Waals surface area (Å²) in [6, 6.07) is 0. The van der Waals surface area contributed by atoms with Gasteiger partial charge in [0.1, 0.15) is 0 Å². The standard InChI is InChI=1S/C39H68O4Si/c1-36(2,3)44(7,8)43-25-17-15-13-11-9-10-12-14-16-18-29-26-30-27-31(40)19-23-38(30,5)32-21-24-39(6)33(35(29)32)20-22-37(39,4)28-34(41)42/h27,29,32-33,35H,9-26,28H2,1-8H3,(H,41,42)/t29-,32?,33?,35?,37-,38+,39+/m1/s1. The first kappa shape index (κ1) is 35.9. The van der Waals surface area contributed by atoms with Crippen LogP contribution in [0.15, 0.2) is 11.6 Å². The number of ketones is 1. The molecule has 7 atom stereocenters. The molecule has 0 aromatic carbocycles. The van der Waals surface area contributed by atoms with Gasteiger partial charge in [-0.3, -0.25) is 9.59 Å². The second-order valence-corrected chi connectivity index (χ2v) is 22.8. The molecule has 0 saturated heterocycles. The van der Waals surface area contributed by atoms with E-state index in [0.717, 1.165) is 32.3 Å². The normalized spacial score (nSPS) is 35.5. The molecule has 4 nitrogen and oxygen atoms in total. The maximum Gasteiger partial charge on any atom is 0.303 e. The number of carboxylic acid groups (broad SMARTS) is 1. The van der Waals surface area contributed by atoms with Gasteiger partial charge in [0.05, 0.1) is 6.42 Å². The van der Waals surface area contributed by atoms with Crippen LogP contribution in [0.3, 0.4) is 0 Å². The minimum atomic E-state index is -1.60. The third-order valence-corrected chi connectivity index (χ3v) is 19.0. The first-order valence-electron chi connectivity index (χ1n) is 18.6. The van der Waals surface area contributed by atoms with Crippen molar-refractivity contribution in [1.29, 1.82) is 0 Å². The van der Waals surface area contributed by atoms with E-state index in [2.05, 4.69) is 60.7 Å². The third kappa shape index (κ3) is 7.45. The van der Waals surface area contributed by atoms with Crippen LogP contribution in [-0.4, -0.2) is 31.8 Å². The molecule has 5 heteroatoms. The Kier molecular flexibility index (Phi) is 11.5. The third-order valence-electron chi connectivity index (χ3n) is 14.4. The molecule has 0 spiro atoms. The van der Waals surface area contributed by atoms with Crippen molar-refractivity contribution in [2.75, 3.05) is 6.61 Å². The summed E-state index contributed by atoms with van der Waals surface area (Å²) in [5.74, 6) is 2.32. The molecule has 4 aliphatic rings. The molecule has 1 N–H and O–H groups in total. The summed E-state index contributed by atoms with van der Waals surface area (Å²) in [5.41, 5.74) is 1.64. The Labute approximate surface area is 272 Å². The molecule has 0 aromatic heterocycles. The van der Waals surface area contributed by atoms with Crippen LogP contribution >= 0.6 is 0 Å². The highest BCUT2D eigenvalue weighted by Gasteiger charge is 2.64. The van der Waals surface area contributed by atoms with E-state index in [4.69, 9.17) is 4.43 Å².